The van der Waals surface area contributed by atoms with Crippen molar-refractivity contribution in [1.82, 2.24) is 4.90 Å². The standard InChI is InChI=1S/C23H24F5NO2S/c1-29-8-4-7-22(13-29,16-11-15(24)5-6-17(16)25)12-18(30)21-19(31-2)9-14(23(26,27)28)10-20(21)32-3/h5-6,9-11H,4,7-8,12-13H2,1-3H3/t22-/m1/s1. The van der Waals surface area contributed by atoms with Crippen LogP contribution in [0.3, 0.4) is 0 Å². The van der Waals surface area contributed by atoms with Crippen molar-refractivity contribution in [3.05, 3.63) is 58.7 Å². The number of methoxy groups -OCH3 is 1. The molecule has 1 aliphatic rings. The van der Waals surface area contributed by atoms with Gasteiger partial charge in [-0.1, -0.05) is 0 Å². The molecule has 9 heteroatoms. The van der Waals surface area contributed by atoms with Gasteiger partial charge in [-0.3, -0.25) is 4.79 Å². The van der Waals surface area contributed by atoms with Crippen molar-refractivity contribution in [2.24, 2.45) is 0 Å². The molecule has 0 spiro atoms. The maximum atomic E-state index is 14.8. The first-order valence-electron chi connectivity index (χ1n) is 10.0. The summed E-state index contributed by atoms with van der Waals surface area (Å²) in [7, 11) is 3.04. The maximum Gasteiger partial charge on any atom is 0.416 e. The number of rotatable bonds is 6. The second-order valence-corrected chi connectivity index (χ2v) is 8.95. The van der Waals surface area contributed by atoms with E-state index in [0.29, 0.717) is 19.4 Å². The van der Waals surface area contributed by atoms with E-state index in [1.165, 1.54) is 7.11 Å². The van der Waals surface area contributed by atoms with Crippen LogP contribution in [0.4, 0.5) is 22.0 Å². The number of nitrogens with zero attached hydrogens (tertiary/aromatic N) is 1. The summed E-state index contributed by atoms with van der Waals surface area (Å²) in [6, 6.07) is 4.89. The van der Waals surface area contributed by atoms with Gasteiger partial charge in [0.25, 0.3) is 0 Å². The van der Waals surface area contributed by atoms with E-state index in [1.807, 2.05) is 11.9 Å². The van der Waals surface area contributed by atoms with Gasteiger partial charge in [0.05, 0.1) is 18.2 Å². The number of benzene rings is 2. The molecule has 0 saturated carbocycles. The van der Waals surface area contributed by atoms with Crippen LogP contribution in [0.5, 0.6) is 5.75 Å². The van der Waals surface area contributed by atoms with Crippen LogP contribution in [0.2, 0.25) is 0 Å². The number of ketones is 1. The van der Waals surface area contributed by atoms with Gasteiger partial charge in [0.2, 0.25) is 0 Å². The summed E-state index contributed by atoms with van der Waals surface area (Å²) in [5, 5.41) is 0. The number of thioether (sulfide) groups is 1. The Kier molecular flexibility index (Phi) is 7.19. The lowest BCUT2D eigenvalue weighted by Crippen LogP contribution is -2.46. The van der Waals surface area contributed by atoms with Crippen LogP contribution in [0, 0.1) is 11.6 Å². The second kappa shape index (κ2) is 9.39. The molecule has 1 heterocycles. The summed E-state index contributed by atoms with van der Waals surface area (Å²) in [5.41, 5.74) is -1.80. The van der Waals surface area contributed by atoms with E-state index in [9.17, 15) is 26.7 Å². The number of hydrogen-bond acceptors (Lipinski definition) is 4. The quantitative estimate of drug-likeness (QED) is 0.295. The number of alkyl halides is 3. The summed E-state index contributed by atoms with van der Waals surface area (Å²) in [6.07, 6.45) is -2.10. The van der Waals surface area contributed by atoms with Gasteiger partial charge < -0.3 is 9.64 Å². The average molecular weight is 474 g/mol. The molecule has 3 rings (SSSR count). The number of carbonyl (C=O) groups is 1. The van der Waals surface area contributed by atoms with Crippen molar-refractivity contribution >= 4 is 17.5 Å². The molecule has 0 radical (unpaired) electrons. The Morgan fingerprint density at radius 3 is 2.53 bits per heavy atom. The fourth-order valence-electron chi connectivity index (χ4n) is 4.47. The highest BCUT2D eigenvalue weighted by atomic mass is 32.2. The minimum absolute atomic E-state index is 0.0254. The van der Waals surface area contributed by atoms with Gasteiger partial charge in [-0.05, 0) is 68.6 Å². The smallest absolute Gasteiger partial charge is 0.416 e. The number of Topliss-reactive ketones (excluding diaryl/α,β-unsaturated/α-hetero) is 1. The molecule has 2 aromatic rings. The van der Waals surface area contributed by atoms with E-state index >= 15 is 0 Å². The molecule has 1 aliphatic heterocycles. The Labute approximate surface area is 187 Å². The van der Waals surface area contributed by atoms with Crippen LogP contribution < -0.4 is 4.74 Å². The second-order valence-electron chi connectivity index (χ2n) is 8.10. The third-order valence-electron chi connectivity index (χ3n) is 5.88. The van der Waals surface area contributed by atoms with E-state index in [-0.39, 0.29) is 28.2 Å². The normalized spacial score (nSPS) is 19.8. The maximum absolute atomic E-state index is 14.8. The Morgan fingerprint density at radius 1 is 1.22 bits per heavy atom. The van der Waals surface area contributed by atoms with Crippen LogP contribution in [-0.4, -0.2) is 44.2 Å². The van der Waals surface area contributed by atoms with Gasteiger partial charge >= 0.3 is 6.18 Å². The zero-order chi connectivity index (χ0) is 23.7. The van der Waals surface area contributed by atoms with Gasteiger partial charge in [0.1, 0.15) is 17.4 Å². The minimum atomic E-state index is -4.60. The fraction of sp³-hybridized carbons (Fsp3) is 0.435. The number of carbonyl (C=O) groups excluding carboxylic acids is 1. The Morgan fingerprint density at radius 2 is 1.94 bits per heavy atom. The summed E-state index contributed by atoms with van der Waals surface area (Å²) in [4.78, 5) is 15.6. The number of piperidine rings is 1. The largest absolute Gasteiger partial charge is 0.496 e. The van der Waals surface area contributed by atoms with Crippen molar-refractivity contribution in [3.8, 4) is 5.75 Å². The SMILES string of the molecule is COc1cc(C(F)(F)F)cc(SC)c1C(=O)C[C@]1(c2cc(F)ccc2F)CCCN(C)C1. The molecule has 0 bridgehead atoms. The monoisotopic (exact) mass is 473 g/mol. The first-order valence-corrected chi connectivity index (χ1v) is 11.2. The van der Waals surface area contributed by atoms with Gasteiger partial charge in [-0.15, -0.1) is 11.8 Å². The molecule has 2 aromatic carbocycles. The molecule has 0 N–H and O–H groups in total. The number of ether oxygens (including phenoxy) is 1. The predicted octanol–water partition coefficient (Wildman–Crippen LogP) is 5.95. The van der Waals surface area contributed by atoms with Crippen LogP contribution in [-0.2, 0) is 11.6 Å². The topological polar surface area (TPSA) is 29.5 Å². The summed E-state index contributed by atoms with van der Waals surface area (Å²) >= 11 is 1.00. The van der Waals surface area contributed by atoms with Gasteiger partial charge in [-0.2, -0.15) is 13.2 Å². The molecule has 3 nitrogen and oxygen atoms in total. The first kappa shape index (κ1) is 24.5. The third kappa shape index (κ3) is 4.93. The zero-order valence-corrected chi connectivity index (χ0v) is 18.8. The van der Waals surface area contributed by atoms with Crippen LogP contribution in [0.25, 0.3) is 0 Å². The van der Waals surface area contributed by atoms with E-state index in [1.54, 1.807) is 6.26 Å². The van der Waals surface area contributed by atoms with E-state index in [4.69, 9.17) is 4.74 Å². The van der Waals surface area contributed by atoms with Crippen molar-refractivity contribution in [2.45, 2.75) is 35.7 Å². The molecule has 0 amide bonds. The minimum Gasteiger partial charge on any atom is -0.496 e. The number of likely N-dealkylation sites (N-methyl/N-ethyl adjacent to an activating group) is 1. The van der Waals surface area contributed by atoms with Crippen LogP contribution >= 0.6 is 11.8 Å². The van der Waals surface area contributed by atoms with Crippen LogP contribution in [0.1, 0.15) is 40.7 Å². The molecule has 174 valence electrons. The zero-order valence-electron chi connectivity index (χ0n) is 18.0. The van der Waals surface area contributed by atoms with E-state index in [2.05, 4.69) is 0 Å². The fourth-order valence-corrected chi connectivity index (χ4v) is 5.13. The van der Waals surface area contributed by atoms with Gasteiger partial charge in [0, 0.05) is 23.3 Å². The Hall–Kier alpha value is -2.13. The van der Waals surface area contributed by atoms with Gasteiger partial charge in [0.15, 0.2) is 5.78 Å². The molecular formula is C23H24F5NO2S. The molecule has 0 aliphatic carbocycles. The van der Waals surface area contributed by atoms with Crippen molar-refractivity contribution in [1.29, 1.82) is 0 Å². The third-order valence-corrected chi connectivity index (χ3v) is 6.64. The highest BCUT2D eigenvalue weighted by Gasteiger charge is 2.42. The molecule has 1 fully saturated rings. The van der Waals surface area contributed by atoms with E-state index in [0.717, 1.165) is 48.6 Å². The predicted molar refractivity (Wildman–Crippen MR) is 113 cm³/mol. The lowest BCUT2D eigenvalue weighted by Gasteiger charge is -2.42. The highest BCUT2D eigenvalue weighted by molar-refractivity contribution is 7.98. The van der Waals surface area contributed by atoms with E-state index < -0.39 is 34.6 Å². The molecule has 0 unspecified atom stereocenters. The summed E-state index contributed by atoms with van der Waals surface area (Å²) < 4.78 is 73.9. The number of likely N-dealkylation sites (tertiary alicyclic amines) is 1. The molecule has 0 aromatic heterocycles. The van der Waals surface area contributed by atoms with Crippen molar-refractivity contribution in [3.63, 3.8) is 0 Å². The lowest BCUT2D eigenvalue weighted by atomic mass is 9.70. The Bertz CT molecular complexity index is 985. The summed E-state index contributed by atoms with van der Waals surface area (Å²) in [5.74, 6) is -1.88. The van der Waals surface area contributed by atoms with Crippen molar-refractivity contribution in [2.75, 3.05) is 33.5 Å². The van der Waals surface area contributed by atoms with Gasteiger partial charge in [-0.25, -0.2) is 8.78 Å². The van der Waals surface area contributed by atoms with Crippen LogP contribution in [0.15, 0.2) is 35.2 Å². The lowest BCUT2D eigenvalue weighted by molar-refractivity contribution is -0.137. The summed E-state index contributed by atoms with van der Waals surface area (Å²) in [6.45, 7) is 1.06. The molecule has 1 saturated heterocycles. The Balaban J connectivity index is 2.10. The number of halogens is 5. The highest BCUT2D eigenvalue weighted by Crippen LogP contribution is 2.43. The number of hydrogen-bond donors (Lipinski definition) is 0. The molecular weight excluding hydrogens is 449 g/mol. The van der Waals surface area contributed by atoms with Crippen molar-refractivity contribution < 1.29 is 31.5 Å². The molecule has 1 atom stereocenters. The molecule has 32 heavy (non-hydrogen) atoms. The first-order chi connectivity index (χ1) is 15.0. The average Bonchev–Trinajstić information content (AvgIpc) is 2.73.